The lowest BCUT2D eigenvalue weighted by molar-refractivity contribution is -0.137. The molecule has 0 amide bonds. The molecule has 0 bridgehead atoms. The molecule has 0 saturated heterocycles. The van der Waals surface area contributed by atoms with E-state index in [1.54, 1.807) is 25.1 Å². The van der Waals surface area contributed by atoms with Gasteiger partial charge in [0.05, 0.1) is 5.56 Å². The summed E-state index contributed by atoms with van der Waals surface area (Å²) in [6.07, 6.45) is -4.61. The molecule has 0 saturated carbocycles. The van der Waals surface area contributed by atoms with Gasteiger partial charge < -0.3 is 10.5 Å². The fourth-order valence-corrected chi connectivity index (χ4v) is 1.85. The molecule has 0 aliphatic carbocycles. The quantitative estimate of drug-likeness (QED) is 0.661. The van der Waals surface area contributed by atoms with Gasteiger partial charge in [-0.25, -0.2) is 0 Å². The third-order valence-corrected chi connectivity index (χ3v) is 2.91. The summed E-state index contributed by atoms with van der Waals surface area (Å²) in [5.41, 5.74) is 4.64. The van der Waals surface area contributed by atoms with Gasteiger partial charge in [-0.2, -0.15) is 13.2 Å². The normalized spacial score (nSPS) is 11.2. The highest BCUT2D eigenvalue weighted by molar-refractivity contribution is 5.96. The van der Waals surface area contributed by atoms with Crippen LogP contribution in [0.1, 0.15) is 16.7 Å². The molecule has 2 rings (SSSR count). The number of amidine groups is 1. The van der Waals surface area contributed by atoms with Crippen molar-refractivity contribution in [2.45, 2.75) is 13.1 Å². The van der Waals surface area contributed by atoms with Crippen LogP contribution in [0.5, 0.6) is 11.5 Å². The van der Waals surface area contributed by atoms with Crippen molar-refractivity contribution in [3.63, 3.8) is 0 Å². The zero-order valence-corrected chi connectivity index (χ0v) is 11.2. The Morgan fingerprint density at radius 3 is 2.38 bits per heavy atom. The van der Waals surface area contributed by atoms with E-state index in [-0.39, 0.29) is 11.3 Å². The molecule has 0 fully saturated rings. The van der Waals surface area contributed by atoms with Crippen LogP contribution < -0.4 is 10.5 Å². The number of rotatable bonds is 3. The number of benzene rings is 2. The molecule has 0 spiro atoms. The van der Waals surface area contributed by atoms with Gasteiger partial charge >= 0.3 is 6.18 Å². The number of aryl methyl sites for hydroxylation is 1. The monoisotopic (exact) mass is 294 g/mol. The summed E-state index contributed by atoms with van der Waals surface area (Å²) in [5, 5.41) is 7.22. The zero-order chi connectivity index (χ0) is 15.6. The van der Waals surface area contributed by atoms with Gasteiger partial charge in [0.2, 0.25) is 0 Å². The van der Waals surface area contributed by atoms with Crippen LogP contribution in [0.3, 0.4) is 0 Å². The first-order chi connectivity index (χ1) is 9.79. The van der Waals surface area contributed by atoms with E-state index < -0.39 is 17.6 Å². The van der Waals surface area contributed by atoms with Crippen molar-refractivity contribution in [2.75, 3.05) is 0 Å². The van der Waals surface area contributed by atoms with Crippen molar-refractivity contribution in [2.24, 2.45) is 5.73 Å². The Bertz CT molecular complexity index is 681. The molecule has 0 unspecified atom stereocenters. The standard InChI is InChI=1S/C15H13F3N2O/c1-9-4-2-3-5-13(9)21-10-6-7-11(14(19)20)12(8-10)15(16,17)18/h2-8H,1H3,(H3,19,20). The first kappa shape index (κ1) is 14.9. The molecule has 0 aromatic heterocycles. The predicted octanol–water partition coefficient (Wildman–Crippen LogP) is 4.09. The second-order valence-electron chi connectivity index (χ2n) is 4.49. The van der Waals surface area contributed by atoms with E-state index in [0.29, 0.717) is 5.75 Å². The molecule has 0 atom stereocenters. The van der Waals surface area contributed by atoms with Crippen molar-refractivity contribution < 1.29 is 17.9 Å². The summed E-state index contributed by atoms with van der Waals surface area (Å²) in [5.74, 6) is -0.118. The van der Waals surface area contributed by atoms with Gasteiger partial charge in [0.25, 0.3) is 0 Å². The molecule has 2 aromatic rings. The van der Waals surface area contributed by atoms with Crippen molar-refractivity contribution in [1.29, 1.82) is 5.41 Å². The number of alkyl halides is 3. The van der Waals surface area contributed by atoms with Gasteiger partial charge in [-0.05, 0) is 36.8 Å². The molecular formula is C15H13F3N2O. The number of para-hydroxylation sites is 1. The second kappa shape index (κ2) is 5.47. The van der Waals surface area contributed by atoms with Gasteiger partial charge in [-0.1, -0.05) is 18.2 Å². The van der Waals surface area contributed by atoms with Crippen molar-refractivity contribution in [1.82, 2.24) is 0 Å². The first-order valence-electron chi connectivity index (χ1n) is 6.08. The van der Waals surface area contributed by atoms with Gasteiger partial charge in [-0.3, -0.25) is 5.41 Å². The highest BCUT2D eigenvalue weighted by Crippen LogP contribution is 2.35. The molecular weight excluding hydrogens is 281 g/mol. The van der Waals surface area contributed by atoms with Crippen LogP contribution in [0.2, 0.25) is 0 Å². The average Bonchev–Trinajstić information content (AvgIpc) is 2.40. The Morgan fingerprint density at radius 2 is 1.81 bits per heavy atom. The lowest BCUT2D eigenvalue weighted by Crippen LogP contribution is -2.18. The first-order valence-corrected chi connectivity index (χ1v) is 6.08. The number of hydrogen-bond acceptors (Lipinski definition) is 2. The minimum absolute atomic E-state index is 0.0432. The van der Waals surface area contributed by atoms with Crippen LogP contribution >= 0.6 is 0 Å². The minimum atomic E-state index is -4.61. The Hall–Kier alpha value is -2.50. The van der Waals surface area contributed by atoms with Crippen LogP contribution in [-0.4, -0.2) is 5.84 Å². The summed E-state index contributed by atoms with van der Waals surface area (Å²) >= 11 is 0. The molecule has 21 heavy (non-hydrogen) atoms. The predicted molar refractivity (Wildman–Crippen MR) is 73.7 cm³/mol. The maximum atomic E-state index is 13.0. The van der Waals surface area contributed by atoms with Crippen molar-refractivity contribution >= 4 is 5.84 Å². The number of halogens is 3. The highest BCUT2D eigenvalue weighted by Gasteiger charge is 2.34. The van der Waals surface area contributed by atoms with E-state index in [1.807, 2.05) is 6.07 Å². The SMILES string of the molecule is Cc1ccccc1Oc1ccc(C(=N)N)c(C(F)(F)F)c1. The Balaban J connectivity index is 2.43. The molecule has 0 heterocycles. The number of hydrogen-bond donors (Lipinski definition) is 2. The molecule has 3 N–H and O–H groups in total. The van der Waals surface area contributed by atoms with Crippen LogP contribution in [0.15, 0.2) is 42.5 Å². The van der Waals surface area contributed by atoms with E-state index in [1.165, 1.54) is 6.07 Å². The number of ether oxygens (including phenoxy) is 1. The van der Waals surface area contributed by atoms with E-state index in [0.717, 1.165) is 17.7 Å². The van der Waals surface area contributed by atoms with Crippen molar-refractivity contribution in [3.8, 4) is 11.5 Å². The highest BCUT2D eigenvalue weighted by atomic mass is 19.4. The van der Waals surface area contributed by atoms with Gasteiger partial charge in [-0.15, -0.1) is 0 Å². The van der Waals surface area contributed by atoms with Crippen LogP contribution in [0.25, 0.3) is 0 Å². The van der Waals surface area contributed by atoms with Crippen molar-refractivity contribution in [3.05, 3.63) is 59.2 Å². The molecule has 6 heteroatoms. The fourth-order valence-electron chi connectivity index (χ4n) is 1.85. The fraction of sp³-hybridized carbons (Fsp3) is 0.133. The average molecular weight is 294 g/mol. The van der Waals surface area contributed by atoms with E-state index in [9.17, 15) is 13.2 Å². The summed E-state index contributed by atoms with van der Waals surface area (Å²) in [7, 11) is 0. The Kier molecular flexibility index (Phi) is 3.88. The molecule has 2 aromatic carbocycles. The summed E-state index contributed by atoms with van der Waals surface area (Å²) < 4.78 is 44.5. The topological polar surface area (TPSA) is 59.1 Å². The van der Waals surface area contributed by atoms with Crippen LogP contribution in [-0.2, 0) is 6.18 Å². The third kappa shape index (κ3) is 3.34. The number of nitrogens with one attached hydrogen (secondary N) is 1. The molecule has 110 valence electrons. The second-order valence-corrected chi connectivity index (χ2v) is 4.49. The van der Waals surface area contributed by atoms with E-state index >= 15 is 0 Å². The van der Waals surface area contributed by atoms with E-state index in [4.69, 9.17) is 15.9 Å². The molecule has 0 aliphatic heterocycles. The van der Waals surface area contributed by atoms with Gasteiger partial charge in [0.1, 0.15) is 17.3 Å². The summed E-state index contributed by atoms with van der Waals surface area (Å²) in [6, 6.07) is 10.4. The van der Waals surface area contributed by atoms with E-state index in [2.05, 4.69) is 0 Å². The Morgan fingerprint density at radius 1 is 1.14 bits per heavy atom. The summed E-state index contributed by atoms with van der Waals surface area (Å²) in [6.45, 7) is 1.80. The van der Waals surface area contributed by atoms with Crippen LogP contribution in [0, 0.1) is 12.3 Å². The largest absolute Gasteiger partial charge is 0.457 e. The van der Waals surface area contributed by atoms with Gasteiger partial charge in [0.15, 0.2) is 0 Å². The smallest absolute Gasteiger partial charge is 0.417 e. The summed E-state index contributed by atoms with van der Waals surface area (Å²) in [4.78, 5) is 0. The maximum absolute atomic E-state index is 13.0. The lowest BCUT2D eigenvalue weighted by atomic mass is 10.1. The lowest BCUT2D eigenvalue weighted by Gasteiger charge is -2.14. The minimum Gasteiger partial charge on any atom is -0.457 e. The molecule has 0 aliphatic rings. The zero-order valence-electron chi connectivity index (χ0n) is 11.2. The number of nitrogen functional groups attached to an aromatic ring is 1. The molecule has 3 nitrogen and oxygen atoms in total. The third-order valence-electron chi connectivity index (χ3n) is 2.91. The number of nitrogens with two attached hydrogens (primary N) is 1. The molecule has 0 radical (unpaired) electrons. The van der Waals surface area contributed by atoms with Gasteiger partial charge in [0, 0.05) is 5.56 Å². The maximum Gasteiger partial charge on any atom is 0.417 e. The van der Waals surface area contributed by atoms with Crippen LogP contribution in [0.4, 0.5) is 13.2 Å². The Labute approximate surface area is 119 Å².